The Hall–Kier alpha value is -1.95. The van der Waals surface area contributed by atoms with E-state index < -0.39 is 27.7 Å². The van der Waals surface area contributed by atoms with Crippen LogP contribution in [-0.2, 0) is 14.8 Å². The lowest BCUT2D eigenvalue weighted by Gasteiger charge is -2.25. The van der Waals surface area contributed by atoms with Crippen molar-refractivity contribution in [3.8, 4) is 0 Å². The van der Waals surface area contributed by atoms with E-state index in [-0.39, 0.29) is 15.6 Å². The van der Waals surface area contributed by atoms with Crippen LogP contribution in [0.4, 0.5) is 24.5 Å². The van der Waals surface area contributed by atoms with Crippen molar-refractivity contribution >= 4 is 50.7 Å². The highest BCUT2D eigenvalue weighted by atomic mass is 35.5. The summed E-state index contributed by atoms with van der Waals surface area (Å²) in [4.78, 5) is 12.4. The first kappa shape index (κ1) is 23.3. The Labute approximate surface area is 174 Å². The lowest BCUT2D eigenvalue weighted by molar-refractivity contribution is -0.242. The molecule has 1 atom stereocenters. The van der Waals surface area contributed by atoms with Gasteiger partial charge in [0.2, 0.25) is 5.60 Å². The van der Waals surface area contributed by atoms with Crippen molar-refractivity contribution < 1.29 is 31.5 Å². The van der Waals surface area contributed by atoms with Gasteiger partial charge in [-0.25, -0.2) is 8.42 Å². The van der Waals surface area contributed by atoms with Gasteiger partial charge in [-0.1, -0.05) is 11.6 Å². The van der Waals surface area contributed by atoms with E-state index in [1.54, 1.807) is 24.3 Å². The van der Waals surface area contributed by atoms with Crippen LogP contribution in [0.3, 0.4) is 0 Å². The SMILES string of the molecule is CSc1ccc(NS(=O)(=O)c2ccc(NC(=O)[C@@](C)(O)C(F)(F)F)c(Cl)c2)cc1. The molecule has 0 saturated heterocycles. The van der Waals surface area contributed by atoms with E-state index in [9.17, 15) is 31.5 Å². The minimum absolute atomic E-state index is 0.267. The molecule has 2 aromatic carbocycles. The summed E-state index contributed by atoms with van der Waals surface area (Å²) in [6.45, 7) is 0.293. The van der Waals surface area contributed by atoms with Crippen LogP contribution < -0.4 is 10.0 Å². The maximum absolute atomic E-state index is 12.7. The number of hydrogen-bond acceptors (Lipinski definition) is 5. The van der Waals surface area contributed by atoms with Crippen molar-refractivity contribution in [2.24, 2.45) is 0 Å². The minimum Gasteiger partial charge on any atom is -0.373 e. The normalized spacial score (nSPS) is 14.2. The quantitative estimate of drug-likeness (QED) is 0.554. The fourth-order valence-electron chi connectivity index (χ4n) is 2.01. The summed E-state index contributed by atoms with van der Waals surface area (Å²) in [6, 6.07) is 9.64. The molecule has 0 radical (unpaired) electrons. The molecule has 2 rings (SSSR count). The highest BCUT2D eigenvalue weighted by molar-refractivity contribution is 7.98. The van der Waals surface area contributed by atoms with Gasteiger partial charge in [-0.3, -0.25) is 9.52 Å². The maximum atomic E-state index is 12.7. The molecular weight excluding hydrogens is 453 g/mol. The van der Waals surface area contributed by atoms with Crippen molar-refractivity contribution in [2.45, 2.75) is 28.5 Å². The number of sulfonamides is 1. The molecule has 0 saturated carbocycles. The number of amides is 1. The number of nitrogens with one attached hydrogen (secondary N) is 2. The third kappa shape index (κ3) is 5.35. The molecule has 0 unspecified atom stereocenters. The standard InChI is InChI=1S/C17H16ClF3N2O4S2/c1-16(25,17(19,20)21)15(24)22-14-8-7-12(9-13(14)18)29(26,27)23-10-3-5-11(28-2)6-4-10/h3-9,23,25H,1-2H3,(H,22,24)/t16-/m1/s1. The molecule has 12 heteroatoms. The zero-order chi connectivity index (χ0) is 22.0. The van der Waals surface area contributed by atoms with Crippen LogP contribution in [0, 0.1) is 0 Å². The fourth-order valence-corrected chi connectivity index (χ4v) is 3.80. The lowest BCUT2D eigenvalue weighted by Crippen LogP contribution is -2.52. The molecule has 0 spiro atoms. The summed E-state index contributed by atoms with van der Waals surface area (Å²) in [7, 11) is -4.04. The van der Waals surface area contributed by atoms with Crippen molar-refractivity contribution in [2.75, 3.05) is 16.3 Å². The summed E-state index contributed by atoms with van der Waals surface area (Å²) in [6.07, 6.45) is -3.34. The molecule has 0 aromatic heterocycles. The summed E-state index contributed by atoms with van der Waals surface area (Å²) in [5.74, 6) is -1.76. The van der Waals surface area contributed by atoms with E-state index in [2.05, 4.69) is 4.72 Å². The van der Waals surface area contributed by atoms with Crippen LogP contribution in [0.2, 0.25) is 5.02 Å². The topological polar surface area (TPSA) is 95.5 Å². The van der Waals surface area contributed by atoms with E-state index in [1.165, 1.54) is 11.8 Å². The van der Waals surface area contributed by atoms with Crippen molar-refractivity contribution in [1.82, 2.24) is 0 Å². The number of halogens is 4. The molecule has 0 heterocycles. The Kier molecular flexibility index (Phi) is 6.78. The Morgan fingerprint density at radius 2 is 1.72 bits per heavy atom. The summed E-state index contributed by atoms with van der Waals surface area (Å²) >= 11 is 7.40. The first-order chi connectivity index (χ1) is 13.3. The smallest absolute Gasteiger partial charge is 0.373 e. The third-order valence-corrected chi connectivity index (χ3v) is 6.27. The highest BCUT2D eigenvalue weighted by Crippen LogP contribution is 2.33. The van der Waals surface area contributed by atoms with Gasteiger partial charge in [-0.05, 0) is 55.6 Å². The summed E-state index contributed by atoms with van der Waals surface area (Å²) in [5, 5.41) is 10.9. The van der Waals surface area contributed by atoms with Crippen LogP contribution in [0.1, 0.15) is 6.92 Å². The van der Waals surface area contributed by atoms with Crippen molar-refractivity contribution in [3.63, 3.8) is 0 Å². The van der Waals surface area contributed by atoms with Crippen LogP contribution in [-0.4, -0.2) is 37.5 Å². The van der Waals surface area contributed by atoms with Crippen molar-refractivity contribution in [3.05, 3.63) is 47.5 Å². The van der Waals surface area contributed by atoms with Gasteiger partial charge in [0.25, 0.3) is 15.9 Å². The Bertz CT molecular complexity index is 1010. The van der Waals surface area contributed by atoms with E-state index in [1.807, 2.05) is 11.6 Å². The van der Waals surface area contributed by atoms with E-state index >= 15 is 0 Å². The number of carbonyl (C=O) groups is 1. The van der Waals surface area contributed by atoms with Crippen LogP contribution in [0.25, 0.3) is 0 Å². The number of alkyl halides is 3. The van der Waals surface area contributed by atoms with Gasteiger partial charge in [-0.15, -0.1) is 11.8 Å². The van der Waals surface area contributed by atoms with Crippen LogP contribution in [0.15, 0.2) is 52.3 Å². The molecule has 0 aliphatic carbocycles. The second kappa shape index (κ2) is 8.42. The number of carbonyl (C=O) groups excluding carboxylic acids is 1. The van der Waals surface area contributed by atoms with Gasteiger partial charge in [0, 0.05) is 10.6 Å². The van der Waals surface area contributed by atoms with Gasteiger partial charge >= 0.3 is 6.18 Å². The highest BCUT2D eigenvalue weighted by Gasteiger charge is 2.55. The molecule has 6 nitrogen and oxygen atoms in total. The van der Waals surface area contributed by atoms with E-state index in [0.717, 1.165) is 23.1 Å². The molecule has 158 valence electrons. The van der Waals surface area contributed by atoms with Crippen LogP contribution >= 0.6 is 23.4 Å². The van der Waals surface area contributed by atoms with Gasteiger partial charge in [0.05, 0.1) is 15.6 Å². The Morgan fingerprint density at radius 3 is 2.21 bits per heavy atom. The lowest BCUT2D eigenvalue weighted by atomic mass is 10.1. The Morgan fingerprint density at radius 1 is 1.14 bits per heavy atom. The molecule has 29 heavy (non-hydrogen) atoms. The molecule has 2 aromatic rings. The first-order valence-corrected chi connectivity index (χ1v) is 10.9. The minimum atomic E-state index is -5.21. The first-order valence-electron chi connectivity index (χ1n) is 7.85. The average Bonchev–Trinajstić information content (AvgIpc) is 2.62. The van der Waals surface area contributed by atoms with Gasteiger partial charge in [0.15, 0.2) is 0 Å². The van der Waals surface area contributed by atoms with Crippen molar-refractivity contribution in [1.29, 1.82) is 0 Å². The van der Waals surface area contributed by atoms with Gasteiger partial charge < -0.3 is 10.4 Å². The van der Waals surface area contributed by atoms with Gasteiger partial charge in [-0.2, -0.15) is 13.2 Å². The van der Waals surface area contributed by atoms with E-state index in [4.69, 9.17) is 11.6 Å². The zero-order valence-corrected chi connectivity index (χ0v) is 17.4. The molecule has 0 aliphatic rings. The van der Waals surface area contributed by atoms with Gasteiger partial charge in [0.1, 0.15) is 0 Å². The average molecular weight is 469 g/mol. The molecule has 3 N–H and O–H groups in total. The summed E-state index contributed by atoms with van der Waals surface area (Å²) < 4.78 is 65.5. The van der Waals surface area contributed by atoms with E-state index in [0.29, 0.717) is 12.6 Å². The number of thioether (sulfide) groups is 1. The molecule has 0 bridgehead atoms. The third-order valence-electron chi connectivity index (χ3n) is 3.84. The molecule has 0 fully saturated rings. The predicted octanol–water partition coefficient (Wildman–Crippen LogP) is 4.11. The number of benzene rings is 2. The Balaban J connectivity index is 2.22. The fraction of sp³-hybridized carbons (Fsp3) is 0.235. The maximum Gasteiger partial charge on any atom is 0.426 e. The monoisotopic (exact) mass is 468 g/mol. The second-order valence-electron chi connectivity index (χ2n) is 6.00. The number of hydrogen-bond donors (Lipinski definition) is 3. The molecule has 1 amide bonds. The second-order valence-corrected chi connectivity index (χ2v) is 8.97. The number of aliphatic hydroxyl groups is 1. The predicted molar refractivity (Wildman–Crippen MR) is 106 cm³/mol. The van der Waals surface area contributed by atoms with Crippen LogP contribution in [0.5, 0.6) is 0 Å². The molecule has 0 aliphatic heterocycles. The number of anilines is 2. The zero-order valence-electron chi connectivity index (χ0n) is 15.0. The molecular formula is C17H16ClF3N2O4S2. The number of rotatable bonds is 6. The largest absolute Gasteiger partial charge is 0.426 e. The summed E-state index contributed by atoms with van der Waals surface area (Å²) in [5.41, 5.74) is -3.63.